The van der Waals surface area contributed by atoms with Crippen LogP contribution in [0.1, 0.15) is 29.7 Å². The fraction of sp³-hybridized carbons (Fsp3) is 0.222. The Hall–Kier alpha value is -2.26. The molecule has 0 aliphatic rings. The Morgan fingerprint density at radius 3 is 2.33 bits per heavy atom. The van der Waals surface area contributed by atoms with Gasteiger partial charge in [-0.1, -0.05) is 36.4 Å². The van der Waals surface area contributed by atoms with E-state index in [-0.39, 0.29) is 0 Å². The van der Waals surface area contributed by atoms with Crippen LogP contribution in [0.4, 0.5) is 0 Å². The second-order valence-electron chi connectivity index (χ2n) is 4.75. The predicted molar refractivity (Wildman–Crippen MR) is 85.5 cm³/mol. The third-order valence-corrected chi connectivity index (χ3v) is 3.33. The Morgan fingerprint density at radius 1 is 0.952 bits per heavy atom. The summed E-state index contributed by atoms with van der Waals surface area (Å²) in [5.41, 5.74) is 2.85. The minimum absolute atomic E-state index is 0.497. The molecule has 0 fully saturated rings. The molecular formula is C18H20O3. The fourth-order valence-electron chi connectivity index (χ4n) is 2.18. The van der Waals surface area contributed by atoms with Crippen LogP contribution in [0.5, 0.6) is 11.5 Å². The molecule has 0 aromatic heterocycles. The SMILES string of the molecule is COc1ccc(/C=C/c2ccccc2C(C)O)c(OC)c1. The highest BCUT2D eigenvalue weighted by atomic mass is 16.5. The molecule has 3 heteroatoms. The number of hydrogen-bond donors (Lipinski definition) is 1. The molecule has 0 aliphatic carbocycles. The maximum Gasteiger partial charge on any atom is 0.129 e. The van der Waals surface area contributed by atoms with Crippen LogP contribution in [0.3, 0.4) is 0 Å². The molecule has 0 aliphatic heterocycles. The summed E-state index contributed by atoms with van der Waals surface area (Å²) >= 11 is 0. The lowest BCUT2D eigenvalue weighted by atomic mass is 10.0. The lowest BCUT2D eigenvalue weighted by molar-refractivity contribution is 0.199. The van der Waals surface area contributed by atoms with E-state index in [4.69, 9.17) is 9.47 Å². The van der Waals surface area contributed by atoms with E-state index in [2.05, 4.69) is 0 Å². The van der Waals surface area contributed by atoms with Gasteiger partial charge >= 0.3 is 0 Å². The summed E-state index contributed by atoms with van der Waals surface area (Å²) in [7, 11) is 3.26. The molecule has 110 valence electrons. The number of aliphatic hydroxyl groups excluding tert-OH is 1. The third kappa shape index (κ3) is 3.64. The van der Waals surface area contributed by atoms with E-state index in [0.29, 0.717) is 0 Å². The van der Waals surface area contributed by atoms with Crippen molar-refractivity contribution in [1.29, 1.82) is 0 Å². The smallest absolute Gasteiger partial charge is 0.129 e. The summed E-state index contributed by atoms with van der Waals surface area (Å²) in [6.45, 7) is 1.76. The van der Waals surface area contributed by atoms with Gasteiger partial charge < -0.3 is 14.6 Å². The van der Waals surface area contributed by atoms with Crippen LogP contribution in [0, 0.1) is 0 Å². The number of methoxy groups -OCH3 is 2. The van der Waals surface area contributed by atoms with Gasteiger partial charge in [-0.3, -0.25) is 0 Å². The van der Waals surface area contributed by atoms with Gasteiger partial charge in [0.1, 0.15) is 11.5 Å². The molecular weight excluding hydrogens is 264 g/mol. The normalized spacial score (nSPS) is 12.4. The molecule has 0 spiro atoms. The summed E-state index contributed by atoms with van der Waals surface area (Å²) in [6.07, 6.45) is 3.45. The van der Waals surface area contributed by atoms with Gasteiger partial charge in [-0.05, 0) is 30.2 Å². The molecule has 2 aromatic carbocycles. The second kappa shape index (κ2) is 6.95. The molecule has 3 nitrogen and oxygen atoms in total. The first-order valence-corrected chi connectivity index (χ1v) is 6.83. The summed E-state index contributed by atoms with van der Waals surface area (Å²) in [6, 6.07) is 13.5. The molecule has 2 rings (SSSR count). The van der Waals surface area contributed by atoms with Gasteiger partial charge in [-0.15, -0.1) is 0 Å². The van der Waals surface area contributed by atoms with E-state index in [0.717, 1.165) is 28.2 Å². The molecule has 0 bridgehead atoms. The van der Waals surface area contributed by atoms with Crippen molar-refractivity contribution < 1.29 is 14.6 Å². The zero-order valence-electron chi connectivity index (χ0n) is 12.5. The van der Waals surface area contributed by atoms with Gasteiger partial charge in [0.25, 0.3) is 0 Å². The number of benzene rings is 2. The minimum atomic E-state index is -0.497. The van der Waals surface area contributed by atoms with Crippen molar-refractivity contribution in [3.05, 3.63) is 59.2 Å². The van der Waals surface area contributed by atoms with Gasteiger partial charge in [-0.25, -0.2) is 0 Å². The van der Waals surface area contributed by atoms with Crippen LogP contribution in [0.15, 0.2) is 42.5 Å². The molecule has 2 aromatic rings. The molecule has 1 N–H and O–H groups in total. The average Bonchev–Trinajstić information content (AvgIpc) is 2.52. The molecule has 0 saturated heterocycles. The highest BCUT2D eigenvalue weighted by molar-refractivity contribution is 5.74. The van der Waals surface area contributed by atoms with E-state index >= 15 is 0 Å². The molecule has 0 radical (unpaired) electrons. The molecule has 0 amide bonds. The highest BCUT2D eigenvalue weighted by Gasteiger charge is 2.05. The number of ether oxygens (including phenoxy) is 2. The van der Waals surface area contributed by atoms with Crippen LogP contribution in [-0.2, 0) is 0 Å². The topological polar surface area (TPSA) is 38.7 Å². The monoisotopic (exact) mass is 284 g/mol. The molecule has 0 saturated carbocycles. The molecule has 21 heavy (non-hydrogen) atoms. The Labute approximate surface area is 125 Å². The van der Waals surface area contributed by atoms with Crippen LogP contribution in [0.2, 0.25) is 0 Å². The van der Waals surface area contributed by atoms with E-state index in [9.17, 15) is 5.11 Å². The van der Waals surface area contributed by atoms with Crippen molar-refractivity contribution in [2.45, 2.75) is 13.0 Å². The Balaban J connectivity index is 2.34. The average molecular weight is 284 g/mol. The van der Waals surface area contributed by atoms with Gasteiger partial charge in [0.15, 0.2) is 0 Å². The van der Waals surface area contributed by atoms with Crippen molar-refractivity contribution in [3.8, 4) is 11.5 Å². The van der Waals surface area contributed by atoms with Gasteiger partial charge in [0, 0.05) is 11.6 Å². The van der Waals surface area contributed by atoms with E-state index < -0.39 is 6.10 Å². The van der Waals surface area contributed by atoms with Crippen molar-refractivity contribution in [2.75, 3.05) is 14.2 Å². The van der Waals surface area contributed by atoms with Crippen molar-refractivity contribution in [1.82, 2.24) is 0 Å². The van der Waals surface area contributed by atoms with E-state index in [1.54, 1.807) is 21.1 Å². The zero-order chi connectivity index (χ0) is 15.2. The lowest BCUT2D eigenvalue weighted by Gasteiger charge is -2.09. The Morgan fingerprint density at radius 2 is 1.67 bits per heavy atom. The van der Waals surface area contributed by atoms with Crippen molar-refractivity contribution >= 4 is 12.2 Å². The van der Waals surface area contributed by atoms with Crippen molar-refractivity contribution in [3.63, 3.8) is 0 Å². The summed E-state index contributed by atoms with van der Waals surface area (Å²) < 4.78 is 10.6. The van der Waals surface area contributed by atoms with Crippen LogP contribution < -0.4 is 9.47 Å². The lowest BCUT2D eigenvalue weighted by Crippen LogP contribution is -1.94. The van der Waals surface area contributed by atoms with Crippen LogP contribution >= 0.6 is 0 Å². The fourth-order valence-corrected chi connectivity index (χ4v) is 2.18. The maximum absolute atomic E-state index is 9.80. The quantitative estimate of drug-likeness (QED) is 0.846. The summed E-state index contributed by atoms with van der Waals surface area (Å²) in [5, 5.41) is 9.80. The standard InChI is InChI=1S/C18H20O3/c1-13(19)17-7-5-4-6-14(17)8-9-15-10-11-16(20-2)12-18(15)21-3/h4-13,19H,1-3H3/b9-8+. The van der Waals surface area contributed by atoms with Gasteiger partial charge in [0.05, 0.1) is 20.3 Å². The Kier molecular flexibility index (Phi) is 5.01. The summed E-state index contributed by atoms with van der Waals surface area (Å²) in [5.74, 6) is 1.51. The zero-order valence-corrected chi connectivity index (χ0v) is 12.5. The number of hydrogen-bond acceptors (Lipinski definition) is 3. The number of rotatable bonds is 5. The van der Waals surface area contributed by atoms with Gasteiger partial charge in [-0.2, -0.15) is 0 Å². The van der Waals surface area contributed by atoms with E-state index in [1.807, 2.05) is 54.6 Å². The molecule has 0 heterocycles. The summed E-state index contributed by atoms with van der Waals surface area (Å²) in [4.78, 5) is 0. The first-order valence-electron chi connectivity index (χ1n) is 6.83. The van der Waals surface area contributed by atoms with E-state index in [1.165, 1.54) is 0 Å². The predicted octanol–water partition coefficient (Wildman–Crippen LogP) is 3.93. The second-order valence-corrected chi connectivity index (χ2v) is 4.75. The van der Waals surface area contributed by atoms with Gasteiger partial charge in [0.2, 0.25) is 0 Å². The first kappa shape index (κ1) is 15.1. The molecule has 1 atom stereocenters. The third-order valence-electron chi connectivity index (χ3n) is 3.33. The maximum atomic E-state index is 9.80. The van der Waals surface area contributed by atoms with Crippen LogP contribution in [-0.4, -0.2) is 19.3 Å². The highest BCUT2D eigenvalue weighted by Crippen LogP contribution is 2.27. The van der Waals surface area contributed by atoms with Crippen molar-refractivity contribution in [2.24, 2.45) is 0 Å². The molecule has 1 unspecified atom stereocenters. The largest absolute Gasteiger partial charge is 0.497 e. The Bertz CT molecular complexity index is 630. The first-order chi connectivity index (χ1) is 10.2. The number of aliphatic hydroxyl groups is 1. The minimum Gasteiger partial charge on any atom is -0.497 e. The van der Waals surface area contributed by atoms with Crippen LogP contribution in [0.25, 0.3) is 12.2 Å².